The lowest BCUT2D eigenvalue weighted by Crippen LogP contribution is -2.35. The van der Waals surface area contributed by atoms with Crippen LogP contribution in [0.2, 0.25) is 0 Å². The van der Waals surface area contributed by atoms with Gasteiger partial charge in [-0.15, -0.1) is 0 Å². The van der Waals surface area contributed by atoms with Gasteiger partial charge < -0.3 is 9.88 Å². The summed E-state index contributed by atoms with van der Waals surface area (Å²) < 4.78 is 0. The SMILES string of the molecule is Cc1ccc(C(=O)N2CCc3[nH]c4ccccc4c3C2)cc1. The van der Waals surface area contributed by atoms with E-state index in [2.05, 4.69) is 23.2 Å². The number of H-pyrrole nitrogens is 1. The molecule has 0 atom stereocenters. The summed E-state index contributed by atoms with van der Waals surface area (Å²) >= 11 is 0. The number of para-hydroxylation sites is 1. The van der Waals surface area contributed by atoms with E-state index in [1.54, 1.807) is 0 Å². The molecule has 2 heterocycles. The fraction of sp³-hybridized carbons (Fsp3) is 0.211. The number of fused-ring (bicyclic) bond motifs is 3. The maximum Gasteiger partial charge on any atom is 0.254 e. The number of amides is 1. The van der Waals surface area contributed by atoms with E-state index < -0.39 is 0 Å². The molecule has 2 aromatic carbocycles. The number of hydrogen-bond donors (Lipinski definition) is 1. The Morgan fingerprint density at radius 1 is 1.09 bits per heavy atom. The number of rotatable bonds is 1. The molecule has 110 valence electrons. The van der Waals surface area contributed by atoms with Gasteiger partial charge in [0.25, 0.3) is 5.91 Å². The van der Waals surface area contributed by atoms with Gasteiger partial charge in [0.15, 0.2) is 0 Å². The van der Waals surface area contributed by atoms with Crippen molar-refractivity contribution >= 4 is 16.8 Å². The fourth-order valence-corrected chi connectivity index (χ4v) is 3.22. The maximum atomic E-state index is 12.7. The molecule has 22 heavy (non-hydrogen) atoms. The summed E-state index contributed by atoms with van der Waals surface area (Å²) in [5.41, 5.74) is 5.65. The number of aromatic nitrogens is 1. The molecule has 1 aliphatic rings. The zero-order valence-electron chi connectivity index (χ0n) is 12.6. The van der Waals surface area contributed by atoms with Crippen molar-refractivity contribution in [1.29, 1.82) is 0 Å². The molecule has 0 fully saturated rings. The first-order chi connectivity index (χ1) is 10.7. The van der Waals surface area contributed by atoms with Crippen molar-refractivity contribution in [2.45, 2.75) is 19.9 Å². The Balaban J connectivity index is 1.66. The number of nitrogens with zero attached hydrogens (tertiary/aromatic N) is 1. The molecule has 0 unspecified atom stereocenters. The summed E-state index contributed by atoms with van der Waals surface area (Å²) in [6.07, 6.45) is 0.890. The van der Waals surface area contributed by atoms with Gasteiger partial charge in [-0.25, -0.2) is 0 Å². The van der Waals surface area contributed by atoms with E-state index in [1.807, 2.05) is 42.2 Å². The quantitative estimate of drug-likeness (QED) is 0.729. The van der Waals surface area contributed by atoms with Crippen LogP contribution in [0.15, 0.2) is 48.5 Å². The average molecular weight is 290 g/mol. The molecular formula is C19H18N2O. The van der Waals surface area contributed by atoms with E-state index in [0.717, 1.165) is 24.0 Å². The van der Waals surface area contributed by atoms with Crippen molar-refractivity contribution in [3.8, 4) is 0 Å². The van der Waals surface area contributed by atoms with Crippen LogP contribution in [-0.4, -0.2) is 22.3 Å². The van der Waals surface area contributed by atoms with Crippen molar-refractivity contribution in [1.82, 2.24) is 9.88 Å². The Kier molecular flexibility index (Phi) is 3.00. The standard InChI is InChI=1S/C19H18N2O/c1-13-6-8-14(9-7-13)19(22)21-11-10-18-16(12-21)15-4-2-3-5-17(15)20-18/h2-9,20H,10-12H2,1H3. The molecule has 3 aromatic rings. The highest BCUT2D eigenvalue weighted by Gasteiger charge is 2.24. The predicted octanol–water partition coefficient (Wildman–Crippen LogP) is 3.67. The molecule has 1 aliphatic heterocycles. The van der Waals surface area contributed by atoms with Crippen molar-refractivity contribution < 1.29 is 4.79 Å². The molecule has 0 aliphatic carbocycles. The second-order valence-electron chi connectivity index (χ2n) is 5.97. The van der Waals surface area contributed by atoms with Gasteiger partial charge >= 0.3 is 0 Å². The molecule has 4 rings (SSSR count). The summed E-state index contributed by atoms with van der Waals surface area (Å²) in [6.45, 7) is 3.49. The number of aryl methyl sites for hydroxylation is 1. The Labute approximate surface area is 129 Å². The van der Waals surface area contributed by atoms with Gasteiger partial charge in [-0.2, -0.15) is 0 Å². The van der Waals surface area contributed by atoms with Gasteiger partial charge in [0.2, 0.25) is 0 Å². The van der Waals surface area contributed by atoms with E-state index >= 15 is 0 Å². The second kappa shape index (κ2) is 5.02. The molecule has 0 saturated heterocycles. The van der Waals surface area contributed by atoms with Crippen molar-refractivity contribution in [2.24, 2.45) is 0 Å². The van der Waals surface area contributed by atoms with Crippen LogP contribution in [0.1, 0.15) is 27.2 Å². The van der Waals surface area contributed by atoms with Crippen LogP contribution in [-0.2, 0) is 13.0 Å². The first kappa shape index (κ1) is 13.1. The summed E-state index contributed by atoms with van der Waals surface area (Å²) in [4.78, 5) is 18.1. The third-order valence-electron chi connectivity index (χ3n) is 4.47. The van der Waals surface area contributed by atoms with Gasteiger partial charge in [0.1, 0.15) is 0 Å². The molecule has 1 amide bonds. The number of carbonyl (C=O) groups is 1. The fourth-order valence-electron chi connectivity index (χ4n) is 3.22. The lowest BCUT2D eigenvalue weighted by Gasteiger charge is -2.27. The minimum absolute atomic E-state index is 0.121. The molecule has 0 bridgehead atoms. The van der Waals surface area contributed by atoms with Crippen LogP contribution in [0, 0.1) is 6.92 Å². The molecule has 3 heteroatoms. The van der Waals surface area contributed by atoms with Crippen molar-refractivity contribution in [3.63, 3.8) is 0 Å². The minimum atomic E-state index is 0.121. The average Bonchev–Trinajstić information content (AvgIpc) is 2.92. The lowest BCUT2D eigenvalue weighted by atomic mass is 10.0. The summed E-state index contributed by atoms with van der Waals surface area (Å²) in [5.74, 6) is 0.121. The normalized spacial score (nSPS) is 14.1. The number of benzene rings is 2. The Hall–Kier alpha value is -2.55. The largest absolute Gasteiger partial charge is 0.358 e. The zero-order chi connectivity index (χ0) is 15.1. The highest BCUT2D eigenvalue weighted by atomic mass is 16.2. The second-order valence-corrected chi connectivity index (χ2v) is 5.97. The maximum absolute atomic E-state index is 12.7. The van der Waals surface area contributed by atoms with Crippen LogP contribution in [0.4, 0.5) is 0 Å². The van der Waals surface area contributed by atoms with Crippen LogP contribution in [0.3, 0.4) is 0 Å². The third kappa shape index (κ3) is 2.10. The highest BCUT2D eigenvalue weighted by molar-refractivity contribution is 5.95. The molecule has 0 radical (unpaired) electrons. The van der Waals surface area contributed by atoms with Crippen LogP contribution in [0.25, 0.3) is 10.9 Å². The van der Waals surface area contributed by atoms with Gasteiger partial charge in [-0.3, -0.25) is 4.79 Å². The first-order valence-electron chi connectivity index (χ1n) is 7.67. The van der Waals surface area contributed by atoms with Gasteiger partial charge in [0.05, 0.1) is 0 Å². The van der Waals surface area contributed by atoms with Gasteiger partial charge in [-0.1, -0.05) is 35.9 Å². The molecular weight excluding hydrogens is 272 g/mol. The molecule has 1 aromatic heterocycles. The topological polar surface area (TPSA) is 36.1 Å². The number of hydrogen-bond acceptors (Lipinski definition) is 1. The molecule has 0 spiro atoms. The number of aromatic amines is 1. The number of nitrogens with one attached hydrogen (secondary N) is 1. The van der Waals surface area contributed by atoms with E-state index in [-0.39, 0.29) is 5.91 Å². The summed E-state index contributed by atoms with van der Waals surface area (Å²) in [7, 11) is 0. The predicted molar refractivity (Wildman–Crippen MR) is 87.9 cm³/mol. The Morgan fingerprint density at radius 2 is 1.86 bits per heavy atom. The zero-order valence-corrected chi connectivity index (χ0v) is 12.6. The van der Waals surface area contributed by atoms with Crippen LogP contribution in [0.5, 0.6) is 0 Å². The van der Waals surface area contributed by atoms with Crippen molar-refractivity contribution in [3.05, 3.63) is 70.9 Å². The summed E-state index contributed by atoms with van der Waals surface area (Å²) in [5, 5.41) is 1.24. The summed E-state index contributed by atoms with van der Waals surface area (Å²) in [6, 6.07) is 16.1. The first-order valence-corrected chi connectivity index (χ1v) is 7.67. The van der Waals surface area contributed by atoms with Crippen LogP contribution < -0.4 is 0 Å². The molecule has 3 nitrogen and oxygen atoms in total. The van der Waals surface area contributed by atoms with Gasteiger partial charge in [0, 0.05) is 47.2 Å². The van der Waals surface area contributed by atoms with E-state index in [4.69, 9.17) is 0 Å². The van der Waals surface area contributed by atoms with Crippen molar-refractivity contribution in [2.75, 3.05) is 6.54 Å². The van der Waals surface area contributed by atoms with E-state index in [0.29, 0.717) is 6.54 Å². The van der Waals surface area contributed by atoms with E-state index in [1.165, 1.54) is 22.2 Å². The molecule has 0 saturated carbocycles. The Bertz CT molecular complexity index is 846. The lowest BCUT2D eigenvalue weighted by molar-refractivity contribution is 0.0735. The van der Waals surface area contributed by atoms with E-state index in [9.17, 15) is 4.79 Å². The van der Waals surface area contributed by atoms with Gasteiger partial charge in [-0.05, 0) is 25.1 Å². The smallest absolute Gasteiger partial charge is 0.254 e. The Morgan fingerprint density at radius 3 is 2.68 bits per heavy atom. The monoisotopic (exact) mass is 290 g/mol. The third-order valence-corrected chi connectivity index (χ3v) is 4.47. The minimum Gasteiger partial charge on any atom is -0.358 e. The number of carbonyl (C=O) groups excluding carboxylic acids is 1. The molecule has 1 N–H and O–H groups in total. The van der Waals surface area contributed by atoms with Crippen LogP contribution >= 0.6 is 0 Å². The highest BCUT2D eigenvalue weighted by Crippen LogP contribution is 2.28.